The lowest BCUT2D eigenvalue weighted by Gasteiger charge is -2.58. The van der Waals surface area contributed by atoms with Gasteiger partial charge in [0, 0.05) is 24.7 Å². The molecule has 3 rings (SSSR count). The first-order valence-electron chi connectivity index (χ1n) is 7.28. The Morgan fingerprint density at radius 3 is 2.72 bits per heavy atom. The van der Waals surface area contributed by atoms with Crippen LogP contribution in [-0.2, 0) is 0 Å². The van der Waals surface area contributed by atoms with Crippen LogP contribution < -0.4 is 0 Å². The van der Waals surface area contributed by atoms with Crippen LogP contribution >= 0.6 is 0 Å². The van der Waals surface area contributed by atoms with Crippen LogP contribution in [0.2, 0.25) is 0 Å². The van der Waals surface area contributed by atoms with Crippen LogP contribution in [0.25, 0.3) is 0 Å². The quantitative estimate of drug-likeness (QED) is 0.346. The molecule has 0 saturated heterocycles. The van der Waals surface area contributed by atoms with Crippen molar-refractivity contribution in [3.05, 3.63) is 0 Å². The number of fused-ring (bicyclic) bond motifs is 2. The van der Waals surface area contributed by atoms with Crippen LogP contribution in [0.4, 0.5) is 0 Å². The molecule has 3 atom stereocenters. The average Bonchev–Trinajstić information content (AvgIpc) is 2.38. The Hall–Kier alpha value is -0.970. The zero-order valence-electron chi connectivity index (χ0n) is 11.9. The maximum absolute atomic E-state index is 9.27. The number of hydrogen-bond donors (Lipinski definition) is 1. The molecule has 1 N–H and O–H groups in total. The molecule has 2 heteroatoms. The standard InChI is InChI=1S/C16H25NO/c1-4-5-6-7-8-9-12-10-13-11-14(15(12)17-18)16(13,2)3/h12-14,18H,4-6,9-11H2,1-3H3/b17-15+. The van der Waals surface area contributed by atoms with E-state index in [4.69, 9.17) is 0 Å². The van der Waals surface area contributed by atoms with Crippen molar-refractivity contribution in [3.8, 4) is 11.8 Å². The van der Waals surface area contributed by atoms with E-state index in [1.807, 2.05) is 0 Å². The van der Waals surface area contributed by atoms with E-state index in [0.717, 1.165) is 30.9 Å². The Morgan fingerprint density at radius 2 is 2.11 bits per heavy atom. The minimum Gasteiger partial charge on any atom is -0.411 e. The van der Waals surface area contributed by atoms with Crippen LogP contribution in [0.3, 0.4) is 0 Å². The molecule has 100 valence electrons. The summed E-state index contributed by atoms with van der Waals surface area (Å²) in [6.45, 7) is 6.80. The first-order valence-corrected chi connectivity index (χ1v) is 7.28. The highest BCUT2D eigenvalue weighted by Crippen LogP contribution is 2.59. The molecular formula is C16H25NO. The van der Waals surface area contributed by atoms with E-state index in [1.54, 1.807) is 0 Å². The van der Waals surface area contributed by atoms with Crippen molar-refractivity contribution in [2.45, 2.75) is 59.3 Å². The van der Waals surface area contributed by atoms with Gasteiger partial charge in [-0.25, -0.2) is 0 Å². The van der Waals surface area contributed by atoms with E-state index in [1.165, 1.54) is 19.3 Å². The van der Waals surface area contributed by atoms with E-state index in [0.29, 0.717) is 17.3 Å². The second-order valence-corrected chi connectivity index (χ2v) is 6.43. The molecular weight excluding hydrogens is 222 g/mol. The highest BCUT2D eigenvalue weighted by atomic mass is 16.4. The van der Waals surface area contributed by atoms with E-state index in [2.05, 4.69) is 37.8 Å². The minimum absolute atomic E-state index is 0.341. The maximum atomic E-state index is 9.27. The van der Waals surface area contributed by atoms with Gasteiger partial charge in [0.2, 0.25) is 0 Å². The second-order valence-electron chi connectivity index (χ2n) is 6.43. The van der Waals surface area contributed by atoms with Crippen molar-refractivity contribution < 1.29 is 5.21 Å². The van der Waals surface area contributed by atoms with Crippen LogP contribution in [0.5, 0.6) is 0 Å². The predicted molar refractivity (Wildman–Crippen MR) is 74.6 cm³/mol. The van der Waals surface area contributed by atoms with Crippen LogP contribution in [0, 0.1) is 35.0 Å². The van der Waals surface area contributed by atoms with Gasteiger partial charge >= 0.3 is 0 Å². The lowest BCUT2D eigenvalue weighted by atomic mass is 9.46. The molecule has 3 fully saturated rings. The molecule has 0 aromatic carbocycles. The lowest BCUT2D eigenvalue weighted by molar-refractivity contribution is -0.0156. The van der Waals surface area contributed by atoms with Crippen molar-refractivity contribution in [3.63, 3.8) is 0 Å². The molecule has 0 spiro atoms. The SMILES string of the molecule is CCCCC#CCC1CC2CC(/C1=N/O)C2(C)C. The van der Waals surface area contributed by atoms with Gasteiger partial charge in [0.1, 0.15) is 0 Å². The van der Waals surface area contributed by atoms with E-state index in [-0.39, 0.29) is 0 Å². The molecule has 0 aromatic rings. The molecule has 3 unspecified atom stereocenters. The summed E-state index contributed by atoms with van der Waals surface area (Å²) in [6, 6.07) is 0. The Bertz CT molecular complexity index is 386. The Labute approximate surface area is 111 Å². The molecule has 0 aliphatic heterocycles. The number of rotatable bonds is 3. The van der Waals surface area contributed by atoms with Crippen molar-refractivity contribution in [1.29, 1.82) is 0 Å². The normalized spacial score (nSPS) is 34.6. The fourth-order valence-corrected chi connectivity index (χ4v) is 3.55. The molecule has 2 bridgehead atoms. The van der Waals surface area contributed by atoms with Crippen LogP contribution in [0.1, 0.15) is 59.3 Å². The smallest absolute Gasteiger partial charge is 0.0647 e. The highest BCUT2D eigenvalue weighted by Gasteiger charge is 2.56. The summed E-state index contributed by atoms with van der Waals surface area (Å²) in [5.41, 5.74) is 1.36. The molecule has 3 aliphatic carbocycles. The summed E-state index contributed by atoms with van der Waals surface area (Å²) in [4.78, 5) is 0. The summed E-state index contributed by atoms with van der Waals surface area (Å²) in [6.07, 6.45) is 6.66. The third-order valence-electron chi connectivity index (χ3n) is 5.06. The lowest BCUT2D eigenvalue weighted by Crippen LogP contribution is -2.56. The Balaban J connectivity index is 1.93. The Morgan fingerprint density at radius 1 is 1.33 bits per heavy atom. The van der Waals surface area contributed by atoms with Gasteiger partial charge in [-0.3, -0.25) is 0 Å². The summed E-state index contributed by atoms with van der Waals surface area (Å²) in [7, 11) is 0. The zero-order valence-corrected chi connectivity index (χ0v) is 11.9. The summed E-state index contributed by atoms with van der Waals surface area (Å²) in [5.74, 6) is 8.22. The van der Waals surface area contributed by atoms with Gasteiger partial charge in [-0.05, 0) is 30.6 Å². The third-order valence-corrected chi connectivity index (χ3v) is 5.06. The van der Waals surface area contributed by atoms with Crippen LogP contribution in [0.15, 0.2) is 5.16 Å². The van der Waals surface area contributed by atoms with E-state index in [9.17, 15) is 5.21 Å². The van der Waals surface area contributed by atoms with Gasteiger partial charge in [0.05, 0.1) is 5.71 Å². The van der Waals surface area contributed by atoms with Gasteiger partial charge in [0.15, 0.2) is 0 Å². The number of oxime groups is 1. The van der Waals surface area contributed by atoms with Crippen LogP contribution in [-0.4, -0.2) is 10.9 Å². The average molecular weight is 247 g/mol. The molecule has 2 nitrogen and oxygen atoms in total. The topological polar surface area (TPSA) is 32.6 Å². The molecule has 0 heterocycles. The van der Waals surface area contributed by atoms with Gasteiger partial charge in [-0.15, -0.1) is 11.8 Å². The Kier molecular flexibility index (Phi) is 4.00. The maximum Gasteiger partial charge on any atom is 0.0647 e. The monoisotopic (exact) mass is 247 g/mol. The molecule has 18 heavy (non-hydrogen) atoms. The summed E-state index contributed by atoms with van der Waals surface area (Å²) < 4.78 is 0. The first kappa shape index (κ1) is 13.5. The summed E-state index contributed by atoms with van der Waals surface area (Å²) >= 11 is 0. The van der Waals surface area contributed by atoms with Crippen molar-refractivity contribution in [2.24, 2.45) is 28.3 Å². The zero-order chi connectivity index (χ0) is 13.2. The number of nitrogens with zero attached hydrogens (tertiary/aromatic N) is 1. The molecule has 3 saturated carbocycles. The predicted octanol–water partition coefficient (Wildman–Crippen LogP) is 4.08. The summed E-state index contributed by atoms with van der Waals surface area (Å²) in [5, 5.41) is 12.9. The van der Waals surface area contributed by atoms with E-state index >= 15 is 0 Å². The van der Waals surface area contributed by atoms with Gasteiger partial charge < -0.3 is 5.21 Å². The number of unbranched alkanes of at least 4 members (excludes halogenated alkanes) is 2. The number of hydrogen-bond acceptors (Lipinski definition) is 2. The second kappa shape index (κ2) is 5.34. The first-order chi connectivity index (χ1) is 8.61. The van der Waals surface area contributed by atoms with Gasteiger partial charge in [0.25, 0.3) is 0 Å². The fraction of sp³-hybridized carbons (Fsp3) is 0.812. The largest absolute Gasteiger partial charge is 0.411 e. The molecule has 3 aliphatic rings. The van der Waals surface area contributed by atoms with Gasteiger partial charge in [-0.1, -0.05) is 32.3 Å². The molecule has 0 radical (unpaired) electrons. The molecule has 0 amide bonds. The fourth-order valence-electron chi connectivity index (χ4n) is 3.55. The van der Waals surface area contributed by atoms with Crippen molar-refractivity contribution in [2.75, 3.05) is 0 Å². The molecule has 0 aromatic heterocycles. The minimum atomic E-state index is 0.341. The van der Waals surface area contributed by atoms with Crippen molar-refractivity contribution >= 4 is 5.71 Å². The third kappa shape index (κ3) is 2.28. The van der Waals surface area contributed by atoms with E-state index < -0.39 is 0 Å². The van der Waals surface area contributed by atoms with Crippen molar-refractivity contribution in [1.82, 2.24) is 0 Å². The highest BCUT2D eigenvalue weighted by molar-refractivity contribution is 5.91. The van der Waals surface area contributed by atoms with Gasteiger partial charge in [-0.2, -0.15) is 0 Å².